The van der Waals surface area contributed by atoms with Crippen molar-refractivity contribution in [2.45, 2.75) is 63.1 Å². The summed E-state index contributed by atoms with van der Waals surface area (Å²) in [5.74, 6) is 0.255. The number of carbonyl (C=O) groups is 1. The van der Waals surface area contributed by atoms with Crippen LogP contribution in [0.4, 0.5) is 0 Å². The van der Waals surface area contributed by atoms with Gasteiger partial charge in [0.15, 0.2) is 0 Å². The molecule has 0 saturated carbocycles. The molecule has 3 saturated heterocycles. The highest BCUT2D eigenvalue weighted by molar-refractivity contribution is 5.81. The predicted octanol–water partition coefficient (Wildman–Crippen LogP) is 1.30. The number of hydrogen-bond acceptors (Lipinski definition) is 3. The Kier molecular flexibility index (Phi) is 3.85. The zero-order valence-electron chi connectivity index (χ0n) is 11.1. The second-order valence-corrected chi connectivity index (χ2v) is 5.80. The lowest BCUT2D eigenvalue weighted by atomic mass is 9.94. The van der Waals surface area contributed by atoms with Gasteiger partial charge in [-0.1, -0.05) is 0 Å². The second kappa shape index (κ2) is 5.57. The molecule has 0 bridgehead atoms. The van der Waals surface area contributed by atoms with E-state index in [0.717, 1.165) is 45.4 Å². The highest BCUT2D eigenvalue weighted by atomic mass is 16.5. The van der Waals surface area contributed by atoms with E-state index in [1.54, 1.807) is 0 Å². The van der Waals surface area contributed by atoms with Crippen LogP contribution in [0.3, 0.4) is 0 Å². The minimum Gasteiger partial charge on any atom is -0.368 e. The molecule has 3 fully saturated rings. The molecule has 0 radical (unpaired) electrons. The van der Waals surface area contributed by atoms with Crippen LogP contribution in [0.2, 0.25) is 0 Å². The maximum atomic E-state index is 12.5. The maximum Gasteiger partial charge on any atom is 0.252 e. The molecular weight excluding hydrogens is 228 g/mol. The van der Waals surface area contributed by atoms with Gasteiger partial charge in [0.1, 0.15) is 6.10 Å². The number of hydrogen-bond donors (Lipinski definition) is 1. The molecule has 18 heavy (non-hydrogen) atoms. The van der Waals surface area contributed by atoms with Crippen molar-refractivity contribution in [1.29, 1.82) is 0 Å². The first-order valence-corrected chi connectivity index (χ1v) is 7.52. The summed E-state index contributed by atoms with van der Waals surface area (Å²) >= 11 is 0. The van der Waals surface area contributed by atoms with Gasteiger partial charge in [-0.3, -0.25) is 4.79 Å². The SMILES string of the molecule is O=C(C1CCCO1)N1CCCCC1C1CCCN1. The molecule has 3 aliphatic rings. The van der Waals surface area contributed by atoms with Crippen molar-refractivity contribution in [1.82, 2.24) is 10.2 Å². The van der Waals surface area contributed by atoms with Gasteiger partial charge in [-0.2, -0.15) is 0 Å². The van der Waals surface area contributed by atoms with E-state index < -0.39 is 0 Å². The number of likely N-dealkylation sites (tertiary alicyclic amines) is 1. The van der Waals surface area contributed by atoms with E-state index in [9.17, 15) is 4.79 Å². The fourth-order valence-electron chi connectivity index (χ4n) is 3.65. The van der Waals surface area contributed by atoms with Gasteiger partial charge in [-0.15, -0.1) is 0 Å². The predicted molar refractivity (Wildman–Crippen MR) is 69.4 cm³/mol. The lowest BCUT2D eigenvalue weighted by Crippen LogP contribution is -2.55. The van der Waals surface area contributed by atoms with Crippen LogP contribution in [0.5, 0.6) is 0 Å². The molecule has 1 N–H and O–H groups in total. The summed E-state index contributed by atoms with van der Waals surface area (Å²) in [5.41, 5.74) is 0. The number of ether oxygens (including phenoxy) is 1. The summed E-state index contributed by atoms with van der Waals surface area (Å²) in [6.07, 6.45) is 7.86. The van der Waals surface area contributed by atoms with Gasteiger partial charge in [0.2, 0.25) is 0 Å². The summed E-state index contributed by atoms with van der Waals surface area (Å²) < 4.78 is 5.57. The normalized spacial score (nSPS) is 37.1. The van der Waals surface area contributed by atoms with Crippen molar-refractivity contribution in [3.8, 4) is 0 Å². The smallest absolute Gasteiger partial charge is 0.252 e. The number of amides is 1. The van der Waals surface area contributed by atoms with Crippen LogP contribution >= 0.6 is 0 Å². The van der Waals surface area contributed by atoms with E-state index in [4.69, 9.17) is 4.74 Å². The van der Waals surface area contributed by atoms with Crippen LogP contribution < -0.4 is 5.32 Å². The molecule has 0 aromatic carbocycles. The Morgan fingerprint density at radius 2 is 2.06 bits per heavy atom. The Morgan fingerprint density at radius 3 is 2.78 bits per heavy atom. The third-order valence-corrected chi connectivity index (χ3v) is 4.60. The number of piperidine rings is 1. The van der Waals surface area contributed by atoms with Gasteiger partial charge in [0.25, 0.3) is 5.91 Å². The van der Waals surface area contributed by atoms with Crippen LogP contribution in [0.15, 0.2) is 0 Å². The summed E-state index contributed by atoms with van der Waals surface area (Å²) in [5, 5.41) is 3.57. The minimum absolute atomic E-state index is 0.146. The molecule has 3 aliphatic heterocycles. The van der Waals surface area contributed by atoms with Crippen molar-refractivity contribution in [3.63, 3.8) is 0 Å². The Morgan fingerprint density at radius 1 is 1.11 bits per heavy atom. The highest BCUT2D eigenvalue weighted by Crippen LogP contribution is 2.26. The molecule has 0 aliphatic carbocycles. The third-order valence-electron chi connectivity index (χ3n) is 4.60. The van der Waals surface area contributed by atoms with E-state index in [2.05, 4.69) is 10.2 Å². The summed E-state index contributed by atoms with van der Waals surface area (Å²) in [7, 11) is 0. The summed E-state index contributed by atoms with van der Waals surface area (Å²) in [6, 6.07) is 0.939. The molecule has 3 rings (SSSR count). The second-order valence-electron chi connectivity index (χ2n) is 5.80. The Hall–Kier alpha value is -0.610. The molecule has 1 amide bonds. The van der Waals surface area contributed by atoms with Crippen LogP contribution in [0.1, 0.15) is 44.9 Å². The molecule has 102 valence electrons. The molecular formula is C14H24N2O2. The van der Waals surface area contributed by atoms with E-state index >= 15 is 0 Å². The van der Waals surface area contributed by atoms with Gasteiger partial charge in [-0.05, 0) is 51.5 Å². The molecule has 0 aromatic heterocycles. The van der Waals surface area contributed by atoms with E-state index in [0.29, 0.717) is 12.1 Å². The van der Waals surface area contributed by atoms with Gasteiger partial charge in [-0.25, -0.2) is 0 Å². The molecule has 4 nitrogen and oxygen atoms in total. The first-order chi connectivity index (χ1) is 8.86. The van der Waals surface area contributed by atoms with Gasteiger partial charge >= 0.3 is 0 Å². The van der Waals surface area contributed by atoms with Gasteiger partial charge < -0.3 is 15.0 Å². The lowest BCUT2D eigenvalue weighted by Gasteiger charge is -2.40. The third kappa shape index (κ3) is 2.41. The Labute approximate surface area is 109 Å². The average molecular weight is 252 g/mol. The van der Waals surface area contributed by atoms with E-state index in [1.165, 1.54) is 19.3 Å². The van der Waals surface area contributed by atoms with Crippen LogP contribution in [-0.2, 0) is 9.53 Å². The fourth-order valence-corrected chi connectivity index (χ4v) is 3.65. The topological polar surface area (TPSA) is 41.6 Å². The van der Waals surface area contributed by atoms with E-state index in [-0.39, 0.29) is 12.0 Å². The zero-order chi connectivity index (χ0) is 12.4. The van der Waals surface area contributed by atoms with Crippen molar-refractivity contribution in [2.75, 3.05) is 19.7 Å². The lowest BCUT2D eigenvalue weighted by molar-refractivity contribution is -0.145. The van der Waals surface area contributed by atoms with E-state index in [1.807, 2.05) is 0 Å². The maximum absolute atomic E-state index is 12.5. The number of nitrogens with one attached hydrogen (secondary N) is 1. The fraction of sp³-hybridized carbons (Fsp3) is 0.929. The number of carbonyl (C=O) groups excluding carboxylic acids is 1. The number of nitrogens with zero attached hydrogens (tertiary/aromatic N) is 1. The van der Waals surface area contributed by atoms with Crippen LogP contribution in [0.25, 0.3) is 0 Å². The Bertz CT molecular complexity index is 296. The molecule has 3 heterocycles. The highest BCUT2D eigenvalue weighted by Gasteiger charge is 2.37. The molecule has 3 atom stereocenters. The summed E-state index contributed by atoms with van der Waals surface area (Å²) in [4.78, 5) is 14.7. The van der Waals surface area contributed by atoms with Crippen molar-refractivity contribution >= 4 is 5.91 Å². The molecule has 0 aromatic rings. The largest absolute Gasteiger partial charge is 0.368 e. The minimum atomic E-state index is -0.146. The van der Waals surface area contributed by atoms with Crippen molar-refractivity contribution < 1.29 is 9.53 Å². The average Bonchev–Trinajstić information content (AvgIpc) is 3.11. The standard InChI is InChI=1S/C14H24N2O2/c17-14(13-7-4-10-18-13)16-9-2-1-6-12(16)11-5-3-8-15-11/h11-13,15H,1-10H2. The van der Waals surface area contributed by atoms with Crippen molar-refractivity contribution in [2.24, 2.45) is 0 Å². The van der Waals surface area contributed by atoms with Crippen LogP contribution in [-0.4, -0.2) is 48.7 Å². The Balaban J connectivity index is 1.68. The molecule has 3 unspecified atom stereocenters. The summed E-state index contributed by atoms with van der Waals surface area (Å²) in [6.45, 7) is 2.81. The monoisotopic (exact) mass is 252 g/mol. The van der Waals surface area contributed by atoms with Crippen LogP contribution in [0, 0.1) is 0 Å². The molecule has 0 spiro atoms. The van der Waals surface area contributed by atoms with Crippen molar-refractivity contribution in [3.05, 3.63) is 0 Å². The molecule has 4 heteroatoms. The quantitative estimate of drug-likeness (QED) is 0.805. The first kappa shape index (κ1) is 12.4. The zero-order valence-corrected chi connectivity index (χ0v) is 11.1. The van der Waals surface area contributed by atoms with Gasteiger partial charge in [0.05, 0.1) is 0 Å². The number of rotatable bonds is 2. The first-order valence-electron chi connectivity index (χ1n) is 7.52. The van der Waals surface area contributed by atoms with Gasteiger partial charge in [0, 0.05) is 25.2 Å².